The predicted molar refractivity (Wildman–Crippen MR) is 68.0 cm³/mol. The van der Waals surface area contributed by atoms with E-state index < -0.39 is 14.8 Å². The number of rotatable bonds is 3. The molecule has 0 aliphatic carbocycles. The maximum absolute atomic E-state index is 12.0. The van der Waals surface area contributed by atoms with Crippen molar-refractivity contribution in [1.29, 1.82) is 0 Å². The second-order valence-corrected chi connectivity index (χ2v) is 7.17. The first-order valence-corrected chi connectivity index (χ1v) is 6.60. The number of nitrogens with two attached hydrogens (primary N) is 1. The minimum absolute atomic E-state index is 0.153. The topological polar surface area (TPSA) is 123 Å². The van der Waals surface area contributed by atoms with Crippen LogP contribution in [0.1, 0.15) is 26.3 Å². The minimum atomic E-state index is -3.61. The average molecular weight is 275 g/mol. The number of nitrogens with zero attached hydrogens (tertiary/aromatic N) is 3. The molecule has 0 unspecified atom stereocenters. The lowest BCUT2D eigenvalue weighted by atomic mass is 10.3. The van der Waals surface area contributed by atoms with Gasteiger partial charge in [0.1, 0.15) is 5.82 Å². The van der Waals surface area contributed by atoms with Gasteiger partial charge in [0.05, 0.1) is 16.5 Å². The number of aryl methyl sites for hydroxylation is 1. The number of oxime groups is 1. The quantitative estimate of drug-likeness (QED) is 0.311. The van der Waals surface area contributed by atoms with Gasteiger partial charge < -0.3 is 10.9 Å². The zero-order valence-electron chi connectivity index (χ0n) is 10.7. The normalized spacial score (nSPS) is 13.7. The predicted octanol–water partition coefficient (Wildman–Crippen LogP) is 0.0548. The molecule has 0 aromatic carbocycles. The Morgan fingerprint density at radius 3 is 2.56 bits per heavy atom. The molecule has 102 valence electrons. The molecule has 0 amide bonds. The van der Waals surface area contributed by atoms with Crippen molar-refractivity contribution >= 4 is 21.7 Å². The summed E-state index contributed by atoms with van der Waals surface area (Å²) in [6.45, 7) is 4.69. The van der Waals surface area contributed by atoms with E-state index in [4.69, 9.17) is 10.9 Å². The Morgan fingerprint density at radius 1 is 1.56 bits per heavy atom. The van der Waals surface area contributed by atoms with E-state index in [1.54, 1.807) is 27.8 Å². The van der Waals surface area contributed by atoms with E-state index >= 15 is 0 Å². The highest BCUT2D eigenvalue weighted by atomic mass is 32.2. The van der Waals surface area contributed by atoms with Crippen molar-refractivity contribution in [1.82, 2.24) is 9.78 Å². The van der Waals surface area contributed by atoms with Gasteiger partial charge in [-0.3, -0.25) is 9.40 Å². The summed E-state index contributed by atoms with van der Waals surface area (Å²) in [6, 6.07) is 0. The van der Waals surface area contributed by atoms with E-state index in [9.17, 15) is 8.42 Å². The molecule has 9 heteroatoms. The number of sulfonamides is 1. The first kappa shape index (κ1) is 14.3. The van der Waals surface area contributed by atoms with Crippen molar-refractivity contribution in [3.63, 3.8) is 0 Å². The van der Waals surface area contributed by atoms with Crippen LogP contribution in [0.3, 0.4) is 0 Å². The van der Waals surface area contributed by atoms with Gasteiger partial charge >= 0.3 is 0 Å². The molecule has 0 radical (unpaired) electrons. The maximum atomic E-state index is 12.0. The van der Waals surface area contributed by atoms with E-state index in [0.717, 1.165) is 0 Å². The lowest BCUT2D eigenvalue weighted by Gasteiger charge is -2.20. The maximum Gasteiger partial charge on any atom is 0.238 e. The highest BCUT2D eigenvalue weighted by Gasteiger charge is 2.31. The largest absolute Gasteiger partial charge is 0.409 e. The van der Waals surface area contributed by atoms with Gasteiger partial charge in [-0.25, -0.2) is 8.42 Å². The Morgan fingerprint density at radius 2 is 2.11 bits per heavy atom. The molecule has 1 heterocycles. The first-order chi connectivity index (χ1) is 8.10. The van der Waals surface area contributed by atoms with Crippen LogP contribution in [0.15, 0.2) is 11.4 Å². The molecule has 0 fully saturated rings. The van der Waals surface area contributed by atoms with Crippen LogP contribution in [0.2, 0.25) is 0 Å². The van der Waals surface area contributed by atoms with Gasteiger partial charge in [0.15, 0.2) is 5.84 Å². The molecule has 1 rings (SSSR count). The molecule has 0 saturated heterocycles. The minimum Gasteiger partial charge on any atom is -0.409 e. The molecule has 0 atom stereocenters. The second-order valence-electron chi connectivity index (χ2n) is 4.73. The van der Waals surface area contributed by atoms with Gasteiger partial charge in [-0.1, -0.05) is 5.16 Å². The Bertz CT molecular complexity index is 568. The van der Waals surface area contributed by atoms with Crippen molar-refractivity contribution < 1.29 is 13.6 Å². The number of nitrogens with one attached hydrogen (secondary N) is 1. The van der Waals surface area contributed by atoms with E-state index in [1.807, 2.05) is 0 Å². The summed E-state index contributed by atoms with van der Waals surface area (Å²) < 4.78 is 26.8. The Balaban J connectivity index is 3.25. The summed E-state index contributed by atoms with van der Waals surface area (Å²) in [5.41, 5.74) is 5.66. The molecule has 0 aliphatic heterocycles. The number of amidine groups is 1. The third-order valence-corrected chi connectivity index (χ3v) is 4.43. The summed E-state index contributed by atoms with van der Waals surface area (Å²) in [5.74, 6) is -0.0602. The van der Waals surface area contributed by atoms with Crippen molar-refractivity contribution in [2.45, 2.75) is 25.5 Å². The van der Waals surface area contributed by atoms with Gasteiger partial charge in [-0.15, -0.1) is 0 Å². The molecule has 8 nitrogen and oxygen atoms in total. The molecule has 0 aliphatic rings. The van der Waals surface area contributed by atoms with E-state index in [-0.39, 0.29) is 17.2 Å². The fourth-order valence-electron chi connectivity index (χ4n) is 1.08. The molecule has 0 spiro atoms. The number of anilines is 1. The summed E-state index contributed by atoms with van der Waals surface area (Å²) in [7, 11) is -2.06. The summed E-state index contributed by atoms with van der Waals surface area (Å²) in [4.78, 5) is 0. The van der Waals surface area contributed by atoms with E-state index in [0.29, 0.717) is 0 Å². The second kappa shape index (κ2) is 4.48. The Kier molecular flexibility index (Phi) is 3.56. The van der Waals surface area contributed by atoms with Crippen LogP contribution in [0, 0.1) is 0 Å². The zero-order chi connectivity index (χ0) is 14.1. The SMILES string of the molecule is Cn1ncc(C(N)=NO)c1NS(=O)(=O)C(C)(C)C. The molecular formula is C9H17N5O3S. The van der Waals surface area contributed by atoms with Crippen LogP contribution >= 0.6 is 0 Å². The standard InChI is InChI=1S/C9H17N5O3S/c1-9(2,3)18(16,17)13-8-6(7(10)12-15)5-11-14(8)4/h5,13,15H,1-4H3,(H2,10,12). The van der Waals surface area contributed by atoms with Crippen molar-refractivity contribution in [3.05, 3.63) is 11.8 Å². The molecular weight excluding hydrogens is 258 g/mol. The van der Waals surface area contributed by atoms with E-state index in [2.05, 4.69) is 15.0 Å². The van der Waals surface area contributed by atoms with Gasteiger partial charge in [-0.05, 0) is 20.8 Å². The monoisotopic (exact) mass is 275 g/mol. The van der Waals surface area contributed by atoms with Gasteiger partial charge in [0.2, 0.25) is 10.0 Å². The number of aromatic nitrogens is 2. The lowest BCUT2D eigenvalue weighted by molar-refractivity contribution is 0.318. The van der Waals surface area contributed by atoms with Crippen LogP contribution in [-0.2, 0) is 17.1 Å². The van der Waals surface area contributed by atoms with Crippen molar-refractivity contribution in [3.8, 4) is 0 Å². The van der Waals surface area contributed by atoms with E-state index in [1.165, 1.54) is 10.9 Å². The Hall–Kier alpha value is -1.77. The molecule has 0 bridgehead atoms. The fraction of sp³-hybridized carbons (Fsp3) is 0.556. The summed E-state index contributed by atoms with van der Waals surface area (Å²) in [6.07, 6.45) is 1.32. The van der Waals surface area contributed by atoms with Gasteiger partial charge in [0, 0.05) is 7.05 Å². The summed E-state index contributed by atoms with van der Waals surface area (Å²) in [5, 5.41) is 15.3. The van der Waals surface area contributed by atoms with Crippen LogP contribution in [0.25, 0.3) is 0 Å². The lowest BCUT2D eigenvalue weighted by Crippen LogP contribution is -2.35. The summed E-state index contributed by atoms with van der Waals surface area (Å²) >= 11 is 0. The van der Waals surface area contributed by atoms with Crippen LogP contribution < -0.4 is 10.5 Å². The number of hydrogen-bond acceptors (Lipinski definition) is 5. The highest BCUT2D eigenvalue weighted by Crippen LogP contribution is 2.21. The van der Waals surface area contributed by atoms with Gasteiger partial charge in [0.25, 0.3) is 0 Å². The van der Waals surface area contributed by atoms with Crippen LogP contribution in [-0.4, -0.2) is 34.0 Å². The van der Waals surface area contributed by atoms with Crippen molar-refractivity contribution in [2.24, 2.45) is 17.9 Å². The number of hydrogen-bond donors (Lipinski definition) is 3. The Labute approximate surface area is 106 Å². The van der Waals surface area contributed by atoms with Crippen molar-refractivity contribution in [2.75, 3.05) is 4.72 Å². The fourth-order valence-corrected chi connectivity index (χ4v) is 1.88. The van der Waals surface area contributed by atoms with Crippen LogP contribution in [0.4, 0.5) is 5.82 Å². The molecule has 1 aromatic heterocycles. The molecule has 4 N–H and O–H groups in total. The van der Waals surface area contributed by atoms with Gasteiger partial charge in [-0.2, -0.15) is 5.10 Å². The third-order valence-electron chi connectivity index (χ3n) is 2.36. The first-order valence-electron chi connectivity index (χ1n) is 5.12. The zero-order valence-corrected chi connectivity index (χ0v) is 11.5. The van der Waals surface area contributed by atoms with Crippen LogP contribution in [0.5, 0.6) is 0 Å². The highest BCUT2D eigenvalue weighted by molar-refractivity contribution is 7.94. The molecule has 0 saturated carbocycles. The average Bonchev–Trinajstić information content (AvgIpc) is 2.57. The third kappa shape index (κ3) is 2.55. The molecule has 18 heavy (non-hydrogen) atoms. The smallest absolute Gasteiger partial charge is 0.238 e. The molecule has 1 aromatic rings.